The van der Waals surface area contributed by atoms with Crippen molar-refractivity contribution in [1.29, 1.82) is 0 Å². The van der Waals surface area contributed by atoms with Crippen LogP contribution in [0, 0.1) is 11.6 Å². The number of anilines is 2. The number of carboxylic acids is 1. The highest BCUT2D eigenvalue weighted by atomic mass is 35.5. The van der Waals surface area contributed by atoms with Gasteiger partial charge in [0.15, 0.2) is 0 Å². The summed E-state index contributed by atoms with van der Waals surface area (Å²) in [6.45, 7) is 0. The van der Waals surface area contributed by atoms with Crippen molar-refractivity contribution in [2.45, 2.75) is 0 Å². The predicted octanol–water partition coefficient (Wildman–Crippen LogP) is 3.24. The average Bonchev–Trinajstić information content (AvgIpc) is 2.58. The summed E-state index contributed by atoms with van der Waals surface area (Å²) in [5, 5.41) is 11.4. The summed E-state index contributed by atoms with van der Waals surface area (Å²) >= 11 is 6.23. The van der Waals surface area contributed by atoms with Crippen molar-refractivity contribution in [3.63, 3.8) is 0 Å². The minimum atomic E-state index is -1.54. The monoisotopic (exact) mass is 379 g/mol. The van der Waals surface area contributed by atoms with E-state index < -0.39 is 28.6 Å². The maximum Gasteiger partial charge on any atom is 0.341 e. The maximum atomic E-state index is 14.4. The van der Waals surface area contributed by atoms with Crippen LogP contribution in [0.3, 0.4) is 0 Å². The number of carbonyl (C=O) groups is 1. The number of fused-ring (bicyclic) bond motifs is 1. The van der Waals surface area contributed by atoms with E-state index in [2.05, 4.69) is 5.32 Å². The van der Waals surface area contributed by atoms with Gasteiger partial charge in [-0.3, -0.25) is 4.79 Å². The van der Waals surface area contributed by atoms with Crippen LogP contribution in [0.2, 0.25) is 5.02 Å². The first-order valence-corrected chi connectivity index (χ1v) is 7.67. The van der Waals surface area contributed by atoms with E-state index in [9.17, 15) is 23.5 Å². The van der Waals surface area contributed by atoms with Gasteiger partial charge in [0.2, 0.25) is 5.43 Å². The van der Waals surface area contributed by atoms with Gasteiger partial charge in [-0.15, -0.1) is 0 Å². The van der Waals surface area contributed by atoms with Crippen molar-refractivity contribution >= 4 is 39.8 Å². The van der Waals surface area contributed by atoms with Gasteiger partial charge in [-0.2, -0.15) is 0 Å². The number of pyridine rings is 1. The van der Waals surface area contributed by atoms with Crippen LogP contribution in [0.1, 0.15) is 10.4 Å². The van der Waals surface area contributed by atoms with Crippen molar-refractivity contribution in [3.05, 3.63) is 62.9 Å². The van der Waals surface area contributed by atoms with Crippen LogP contribution in [0.25, 0.3) is 16.6 Å². The molecule has 3 aromatic rings. The summed E-state index contributed by atoms with van der Waals surface area (Å²) in [4.78, 5) is 23.9. The first-order chi connectivity index (χ1) is 12.3. The summed E-state index contributed by atoms with van der Waals surface area (Å²) in [7, 11) is 1.42. The maximum absolute atomic E-state index is 14.4. The fourth-order valence-corrected chi connectivity index (χ4v) is 3.08. The van der Waals surface area contributed by atoms with Crippen molar-refractivity contribution in [2.75, 3.05) is 18.1 Å². The van der Waals surface area contributed by atoms with E-state index in [-0.39, 0.29) is 33.0 Å². The van der Waals surface area contributed by atoms with E-state index in [0.717, 1.165) is 22.9 Å². The van der Waals surface area contributed by atoms with Gasteiger partial charge in [0.1, 0.15) is 17.2 Å². The quantitative estimate of drug-likeness (QED) is 0.607. The Balaban J connectivity index is 2.60. The van der Waals surface area contributed by atoms with Gasteiger partial charge in [0.05, 0.1) is 27.3 Å². The molecule has 0 saturated heterocycles. The Morgan fingerprint density at radius 1 is 1.27 bits per heavy atom. The van der Waals surface area contributed by atoms with Gasteiger partial charge in [-0.1, -0.05) is 11.6 Å². The lowest BCUT2D eigenvalue weighted by Crippen LogP contribution is -2.19. The molecule has 9 heteroatoms. The normalized spacial score (nSPS) is 10.9. The Morgan fingerprint density at radius 2 is 1.96 bits per heavy atom. The molecule has 0 spiro atoms. The number of hydrogen-bond donors (Lipinski definition) is 3. The Morgan fingerprint density at radius 3 is 2.58 bits per heavy atom. The highest BCUT2D eigenvalue weighted by Crippen LogP contribution is 2.34. The third-order valence-corrected chi connectivity index (χ3v) is 4.26. The summed E-state index contributed by atoms with van der Waals surface area (Å²) in [6.07, 6.45) is 0.939. The van der Waals surface area contributed by atoms with Crippen LogP contribution in [0.15, 0.2) is 35.3 Å². The molecule has 3 rings (SSSR count). The van der Waals surface area contributed by atoms with Gasteiger partial charge in [-0.05, 0) is 24.3 Å². The number of nitrogens with zero attached hydrogens (tertiary/aromatic N) is 1. The first-order valence-electron chi connectivity index (χ1n) is 7.30. The molecule has 2 aromatic carbocycles. The molecule has 0 aliphatic heterocycles. The molecule has 26 heavy (non-hydrogen) atoms. The second-order valence-corrected chi connectivity index (χ2v) is 5.83. The average molecular weight is 380 g/mol. The number of rotatable bonds is 3. The van der Waals surface area contributed by atoms with Crippen LogP contribution in [-0.2, 0) is 0 Å². The summed E-state index contributed by atoms with van der Waals surface area (Å²) in [5.41, 5.74) is 4.02. The molecule has 0 amide bonds. The molecule has 0 aliphatic carbocycles. The third kappa shape index (κ3) is 2.64. The molecular weight excluding hydrogens is 368 g/mol. The van der Waals surface area contributed by atoms with Gasteiger partial charge in [-0.25, -0.2) is 13.6 Å². The Bertz CT molecular complexity index is 1130. The topological polar surface area (TPSA) is 97.4 Å². The van der Waals surface area contributed by atoms with Crippen molar-refractivity contribution in [2.24, 2.45) is 0 Å². The molecule has 0 unspecified atom stereocenters. The van der Waals surface area contributed by atoms with E-state index in [1.54, 1.807) is 0 Å². The van der Waals surface area contributed by atoms with Gasteiger partial charge in [0, 0.05) is 18.9 Å². The zero-order valence-corrected chi connectivity index (χ0v) is 14.1. The molecule has 1 heterocycles. The minimum Gasteiger partial charge on any atom is -0.477 e. The number of hydrogen-bond acceptors (Lipinski definition) is 4. The predicted molar refractivity (Wildman–Crippen MR) is 95.4 cm³/mol. The summed E-state index contributed by atoms with van der Waals surface area (Å²) in [5.74, 6) is -3.11. The number of aromatic nitrogens is 1. The van der Waals surface area contributed by atoms with Gasteiger partial charge in [0.25, 0.3) is 0 Å². The van der Waals surface area contributed by atoms with Crippen molar-refractivity contribution in [1.82, 2.24) is 4.57 Å². The van der Waals surface area contributed by atoms with Crippen molar-refractivity contribution < 1.29 is 18.7 Å². The van der Waals surface area contributed by atoms with E-state index in [4.69, 9.17) is 17.3 Å². The second-order valence-electron chi connectivity index (χ2n) is 5.45. The molecule has 134 valence electrons. The molecule has 6 nitrogen and oxygen atoms in total. The Kier molecular flexibility index (Phi) is 4.29. The fourth-order valence-electron chi connectivity index (χ4n) is 2.70. The number of nitrogens with two attached hydrogens (primary N) is 1. The van der Waals surface area contributed by atoms with Crippen LogP contribution >= 0.6 is 11.6 Å². The molecule has 0 saturated carbocycles. The zero-order valence-electron chi connectivity index (χ0n) is 13.3. The number of nitrogen functional groups attached to an aromatic ring is 1. The van der Waals surface area contributed by atoms with E-state index >= 15 is 0 Å². The fraction of sp³-hybridized carbons (Fsp3) is 0.0588. The lowest BCUT2D eigenvalue weighted by Gasteiger charge is -2.17. The number of nitrogens with one attached hydrogen (secondary N) is 1. The molecule has 0 aliphatic rings. The number of halogens is 3. The highest BCUT2D eigenvalue weighted by molar-refractivity contribution is 6.38. The largest absolute Gasteiger partial charge is 0.477 e. The lowest BCUT2D eigenvalue weighted by molar-refractivity contribution is 0.0695. The SMILES string of the molecule is CNc1c(F)cc2c(=O)c(C(=O)O)cn(-c3cc(N)ccc3F)c2c1Cl. The Labute approximate surface area is 150 Å². The Hall–Kier alpha value is -3.13. The van der Waals surface area contributed by atoms with Crippen LogP contribution in [0.4, 0.5) is 20.2 Å². The molecule has 1 aromatic heterocycles. The number of aromatic carboxylic acids is 1. The van der Waals surface area contributed by atoms with Gasteiger partial charge < -0.3 is 20.7 Å². The standard InChI is InChI=1S/C17H12ClF2N3O3/c1-22-14-11(20)5-8-15(13(14)18)23(6-9(16(8)24)17(25)26)12-4-7(21)2-3-10(12)19/h2-6,22H,21H2,1H3,(H,25,26). The third-order valence-electron chi connectivity index (χ3n) is 3.89. The van der Waals surface area contributed by atoms with E-state index in [1.165, 1.54) is 19.2 Å². The van der Waals surface area contributed by atoms with E-state index in [0.29, 0.717) is 0 Å². The zero-order chi connectivity index (χ0) is 19.2. The van der Waals surface area contributed by atoms with Crippen LogP contribution in [-0.4, -0.2) is 22.7 Å². The molecule has 4 N–H and O–H groups in total. The number of carboxylic acid groups (broad SMARTS) is 1. The van der Waals surface area contributed by atoms with E-state index in [1.807, 2.05) is 0 Å². The minimum absolute atomic E-state index is 0.0445. The molecule has 0 radical (unpaired) electrons. The summed E-state index contributed by atoms with van der Waals surface area (Å²) in [6, 6.07) is 4.53. The lowest BCUT2D eigenvalue weighted by atomic mass is 10.1. The molecule has 0 atom stereocenters. The van der Waals surface area contributed by atoms with Crippen LogP contribution in [0.5, 0.6) is 0 Å². The molecule has 0 fully saturated rings. The van der Waals surface area contributed by atoms with Crippen LogP contribution < -0.4 is 16.5 Å². The second kappa shape index (κ2) is 6.30. The van der Waals surface area contributed by atoms with Crippen molar-refractivity contribution in [3.8, 4) is 5.69 Å². The first kappa shape index (κ1) is 17.7. The van der Waals surface area contributed by atoms with Gasteiger partial charge >= 0.3 is 5.97 Å². The molecule has 0 bridgehead atoms. The smallest absolute Gasteiger partial charge is 0.341 e. The summed E-state index contributed by atoms with van der Waals surface area (Å²) < 4.78 is 29.7. The molecular formula is C17H12ClF2N3O3. The highest BCUT2D eigenvalue weighted by Gasteiger charge is 2.22. The number of benzene rings is 2.